The Hall–Kier alpha value is -0.960. The van der Waals surface area contributed by atoms with Crippen LogP contribution in [-0.4, -0.2) is 80.3 Å². The lowest BCUT2D eigenvalue weighted by Gasteiger charge is -2.43. The van der Waals surface area contributed by atoms with Gasteiger partial charge in [-0.05, 0) is 13.8 Å². The average Bonchev–Trinajstić information content (AvgIpc) is 2.99. The minimum atomic E-state index is -2.98. The van der Waals surface area contributed by atoms with Crippen LogP contribution >= 0.6 is 0 Å². The van der Waals surface area contributed by atoms with Gasteiger partial charge in [-0.1, -0.05) is 5.16 Å². The van der Waals surface area contributed by atoms with Crippen LogP contribution in [0.15, 0.2) is 4.52 Å². The molecule has 0 spiro atoms. The van der Waals surface area contributed by atoms with Crippen molar-refractivity contribution in [2.75, 3.05) is 44.9 Å². The number of sulfone groups is 1. The number of hydrogen-bond donors (Lipinski definition) is 0. The Balaban J connectivity index is 1.78. The van der Waals surface area contributed by atoms with Crippen LogP contribution in [0, 0.1) is 13.8 Å². The third-order valence-corrected chi connectivity index (χ3v) is 6.73. The molecule has 2 aliphatic heterocycles. The van der Waals surface area contributed by atoms with E-state index in [4.69, 9.17) is 9.26 Å². The first-order chi connectivity index (χ1) is 10.9. The van der Waals surface area contributed by atoms with E-state index < -0.39 is 9.84 Å². The average molecular weight is 343 g/mol. The summed E-state index contributed by atoms with van der Waals surface area (Å²) in [6, 6.07) is 0.101. The van der Waals surface area contributed by atoms with Crippen molar-refractivity contribution < 1.29 is 17.7 Å². The van der Waals surface area contributed by atoms with E-state index in [0.717, 1.165) is 36.7 Å². The van der Waals surface area contributed by atoms with E-state index in [-0.39, 0.29) is 23.6 Å². The van der Waals surface area contributed by atoms with Crippen LogP contribution in [0.1, 0.15) is 17.0 Å². The lowest BCUT2D eigenvalue weighted by atomic mass is 10.0. The molecule has 0 bridgehead atoms. The molecule has 8 heteroatoms. The van der Waals surface area contributed by atoms with Crippen LogP contribution in [0.5, 0.6) is 0 Å². The zero-order valence-electron chi connectivity index (χ0n) is 14.0. The van der Waals surface area contributed by atoms with E-state index in [2.05, 4.69) is 15.0 Å². The highest BCUT2D eigenvalue weighted by atomic mass is 32.2. The summed E-state index contributed by atoms with van der Waals surface area (Å²) in [4.78, 5) is 4.55. The van der Waals surface area contributed by atoms with E-state index >= 15 is 0 Å². The van der Waals surface area contributed by atoms with Gasteiger partial charge in [-0.25, -0.2) is 8.42 Å². The van der Waals surface area contributed by atoms with Crippen molar-refractivity contribution >= 4 is 9.84 Å². The van der Waals surface area contributed by atoms with Crippen LogP contribution in [-0.2, 0) is 21.1 Å². The summed E-state index contributed by atoms with van der Waals surface area (Å²) in [6.45, 7) is 7.68. The normalized spacial score (nSPS) is 28.1. The molecule has 1 aromatic rings. The van der Waals surface area contributed by atoms with Gasteiger partial charge >= 0.3 is 0 Å². The van der Waals surface area contributed by atoms with Gasteiger partial charge in [0, 0.05) is 50.9 Å². The van der Waals surface area contributed by atoms with Gasteiger partial charge in [-0.3, -0.25) is 9.80 Å². The zero-order chi connectivity index (χ0) is 16.6. The molecule has 0 saturated carbocycles. The van der Waals surface area contributed by atoms with Gasteiger partial charge in [-0.15, -0.1) is 0 Å². The van der Waals surface area contributed by atoms with E-state index in [1.807, 2.05) is 13.8 Å². The van der Waals surface area contributed by atoms with Gasteiger partial charge in [0.1, 0.15) is 5.76 Å². The molecule has 0 radical (unpaired) electrons. The van der Waals surface area contributed by atoms with Crippen molar-refractivity contribution in [3.63, 3.8) is 0 Å². The highest BCUT2D eigenvalue weighted by Crippen LogP contribution is 2.29. The Morgan fingerprint density at radius 3 is 2.48 bits per heavy atom. The maximum Gasteiger partial charge on any atom is 0.153 e. The molecule has 7 nitrogen and oxygen atoms in total. The van der Waals surface area contributed by atoms with Crippen molar-refractivity contribution in [2.24, 2.45) is 0 Å². The monoisotopic (exact) mass is 343 g/mol. The SMILES string of the molecule is COCCN1CCN(Cc2c(C)noc2C)[C@H]2CS(=O)(=O)C[C@H]21. The summed E-state index contributed by atoms with van der Waals surface area (Å²) in [6.07, 6.45) is 0. The van der Waals surface area contributed by atoms with Crippen LogP contribution in [0.4, 0.5) is 0 Å². The molecule has 0 amide bonds. The minimum absolute atomic E-state index is 0.0410. The van der Waals surface area contributed by atoms with Gasteiger partial charge in [0.2, 0.25) is 0 Å². The Morgan fingerprint density at radius 2 is 1.87 bits per heavy atom. The molecule has 2 atom stereocenters. The quantitative estimate of drug-likeness (QED) is 0.757. The standard InChI is InChI=1S/C15H25N3O4S/c1-11-13(12(2)22-16-11)8-18-5-4-17(6-7-21-3)14-9-23(19,20)10-15(14)18/h14-15H,4-10H2,1-3H3/t14-,15+/m1/s1. The molecule has 0 N–H and O–H groups in total. The Morgan fingerprint density at radius 1 is 1.22 bits per heavy atom. The number of nitrogens with zero attached hydrogens (tertiary/aromatic N) is 3. The maximum absolute atomic E-state index is 12.2. The van der Waals surface area contributed by atoms with Crippen LogP contribution in [0.25, 0.3) is 0 Å². The second-order valence-corrected chi connectivity index (χ2v) is 8.67. The topological polar surface area (TPSA) is 75.9 Å². The number of aromatic nitrogens is 1. The van der Waals surface area contributed by atoms with Crippen molar-refractivity contribution in [3.05, 3.63) is 17.0 Å². The molecule has 3 heterocycles. The third kappa shape index (κ3) is 3.45. The smallest absolute Gasteiger partial charge is 0.153 e. The van der Waals surface area contributed by atoms with E-state index in [1.54, 1.807) is 7.11 Å². The molecule has 1 aromatic heterocycles. The first-order valence-corrected chi connectivity index (χ1v) is 9.82. The Bertz CT molecular complexity index is 638. The predicted octanol–water partition coefficient (Wildman–Crippen LogP) is 0.221. The van der Waals surface area contributed by atoms with Crippen LogP contribution in [0.3, 0.4) is 0 Å². The summed E-state index contributed by atoms with van der Waals surface area (Å²) >= 11 is 0. The Kier molecular flexibility index (Phi) is 4.78. The lowest BCUT2D eigenvalue weighted by Crippen LogP contribution is -2.59. The maximum atomic E-state index is 12.2. The molecular formula is C15H25N3O4S. The van der Waals surface area contributed by atoms with E-state index in [9.17, 15) is 8.42 Å². The second kappa shape index (κ2) is 6.51. The highest BCUT2D eigenvalue weighted by molar-refractivity contribution is 7.91. The molecule has 0 aliphatic carbocycles. The molecule has 0 unspecified atom stereocenters. The number of fused-ring (bicyclic) bond motifs is 1. The van der Waals surface area contributed by atoms with Crippen LogP contribution < -0.4 is 0 Å². The summed E-state index contributed by atoms with van der Waals surface area (Å²) in [7, 11) is -1.30. The predicted molar refractivity (Wildman–Crippen MR) is 86.1 cm³/mol. The number of methoxy groups -OCH3 is 1. The van der Waals surface area contributed by atoms with E-state index in [0.29, 0.717) is 13.2 Å². The number of hydrogen-bond acceptors (Lipinski definition) is 7. The molecule has 2 saturated heterocycles. The molecule has 3 rings (SSSR count). The van der Waals surface area contributed by atoms with Gasteiger partial charge in [0.25, 0.3) is 0 Å². The summed E-state index contributed by atoms with van der Waals surface area (Å²) < 4.78 is 34.8. The fourth-order valence-electron chi connectivity index (χ4n) is 3.71. The highest BCUT2D eigenvalue weighted by Gasteiger charge is 2.46. The van der Waals surface area contributed by atoms with Gasteiger partial charge in [0.05, 0.1) is 23.8 Å². The van der Waals surface area contributed by atoms with Gasteiger partial charge in [-0.2, -0.15) is 0 Å². The lowest BCUT2D eigenvalue weighted by molar-refractivity contribution is 0.0250. The molecule has 2 aliphatic rings. The first-order valence-electron chi connectivity index (χ1n) is 8.00. The molecule has 23 heavy (non-hydrogen) atoms. The number of ether oxygens (including phenoxy) is 1. The van der Waals surface area contributed by atoms with Crippen LogP contribution in [0.2, 0.25) is 0 Å². The fraction of sp³-hybridized carbons (Fsp3) is 0.800. The first kappa shape index (κ1) is 16.9. The van der Waals surface area contributed by atoms with Gasteiger partial charge in [0.15, 0.2) is 9.84 Å². The molecule has 2 fully saturated rings. The van der Waals surface area contributed by atoms with E-state index in [1.165, 1.54) is 0 Å². The number of rotatable bonds is 5. The summed E-state index contributed by atoms with van der Waals surface area (Å²) in [5.41, 5.74) is 1.97. The van der Waals surface area contributed by atoms with Crippen molar-refractivity contribution in [1.29, 1.82) is 0 Å². The fourth-order valence-corrected chi connectivity index (χ4v) is 5.75. The summed E-state index contributed by atoms with van der Waals surface area (Å²) in [5.74, 6) is 1.31. The van der Waals surface area contributed by atoms with Crippen molar-refractivity contribution in [2.45, 2.75) is 32.5 Å². The second-order valence-electron chi connectivity index (χ2n) is 6.51. The van der Waals surface area contributed by atoms with Crippen molar-refractivity contribution in [1.82, 2.24) is 15.0 Å². The minimum Gasteiger partial charge on any atom is -0.383 e. The largest absolute Gasteiger partial charge is 0.383 e. The van der Waals surface area contributed by atoms with Gasteiger partial charge < -0.3 is 9.26 Å². The summed E-state index contributed by atoms with van der Waals surface area (Å²) in [5, 5.41) is 4.00. The Labute approximate surface area is 137 Å². The zero-order valence-corrected chi connectivity index (χ0v) is 14.8. The number of piperazine rings is 1. The third-order valence-electron chi connectivity index (χ3n) is 5.03. The molecule has 0 aromatic carbocycles. The van der Waals surface area contributed by atoms with Crippen molar-refractivity contribution in [3.8, 4) is 0 Å². The molecular weight excluding hydrogens is 318 g/mol. The molecule has 130 valence electrons. The number of aryl methyl sites for hydroxylation is 2.